The summed E-state index contributed by atoms with van der Waals surface area (Å²) in [7, 11) is 0. The Labute approximate surface area is 150 Å². The van der Waals surface area contributed by atoms with E-state index in [0.717, 1.165) is 30.4 Å². The van der Waals surface area contributed by atoms with Crippen LogP contribution in [0.3, 0.4) is 0 Å². The molecule has 5 nitrogen and oxygen atoms in total. The van der Waals surface area contributed by atoms with Crippen molar-refractivity contribution < 1.29 is 19.1 Å². The van der Waals surface area contributed by atoms with Crippen molar-refractivity contribution in [3.05, 3.63) is 34.9 Å². The molecule has 1 aromatic carbocycles. The molecule has 0 amide bonds. The Kier molecular flexibility index (Phi) is 7.00. The fourth-order valence-corrected chi connectivity index (χ4v) is 3.33. The van der Waals surface area contributed by atoms with Crippen molar-refractivity contribution in [1.29, 1.82) is 0 Å². The van der Waals surface area contributed by atoms with Crippen molar-refractivity contribution in [2.75, 3.05) is 13.2 Å². The van der Waals surface area contributed by atoms with Gasteiger partial charge in [0.1, 0.15) is 0 Å². The smallest absolute Gasteiger partial charge is 0.338 e. The highest BCUT2D eigenvalue weighted by atomic mass is 16.6. The van der Waals surface area contributed by atoms with Gasteiger partial charge in [-0.2, -0.15) is 0 Å². The van der Waals surface area contributed by atoms with Gasteiger partial charge in [-0.1, -0.05) is 38.0 Å². The lowest BCUT2D eigenvalue weighted by molar-refractivity contribution is -0.166. The van der Waals surface area contributed by atoms with Crippen molar-refractivity contribution in [3.63, 3.8) is 0 Å². The summed E-state index contributed by atoms with van der Waals surface area (Å²) in [6.45, 7) is 6.57. The molecular weight excluding hydrogens is 318 g/mol. The van der Waals surface area contributed by atoms with Crippen molar-refractivity contribution >= 4 is 11.9 Å². The quantitative estimate of drug-likeness (QED) is 0.445. The minimum absolute atomic E-state index is 0.229. The summed E-state index contributed by atoms with van der Waals surface area (Å²) in [5.41, 5.74) is 1.99. The third-order valence-electron chi connectivity index (χ3n) is 4.69. The lowest BCUT2D eigenvalue weighted by Crippen LogP contribution is -2.62. The summed E-state index contributed by atoms with van der Waals surface area (Å²) < 4.78 is 10.4. The van der Waals surface area contributed by atoms with Gasteiger partial charge in [0.05, 0.1) is 13.2 Å². The first-order valence-corrected chi connectivity index (χ1v) is 9.28. The number of carbonyl (C=O) groups excluding carboxylic acids is 2. The maximum Gasteiger partial charge on any atom is 0.338 e. The highest BCUT2D eigenvalue weighted by molar-refractivity contribution is 6.05. The fraction of sp³-hybridized carbons (Fsp3) is 0.600. The standard InChI is InChI=1S/C20H29NO4/c1-4-7-8-10-15-11-9-12-16-14-21-20(13-17(15)16,18(22)24-5-2)19(23)25-6-3/h9,11-12,21H,4-8,10,13-14H2,1-3H3. The van der Waals surface area contributed by atoms with Crippen LogP contribution < -0.4 is 5.32 Å². The SMILES string of the molecule is CCCCCc1cccc2c1CC(C(=O)OCC)(C(=O)OCC)NC2. The zero-order valence-corrected chi connectivity index (χ0v) is 15.5. The van der Waals surface area contributed by atoms with Crippen molar-refractivity contribution in [2.24, 2.45) is 0 Å². The Balaban J connectivity index is 2.35. The molecule has 0 aromatic heterocycles. The third kappa shape index (κ3) is 4.21. The predicted molar refractivity (Wildman–Crippen MR) is 96.2 cm³/mol. The number of hydrogen-bond acceptors (Lipinski definition) is 5. The zero-order valence-electron chi connectivity index (χ0n) is 15.5. The van der Waals surface area contributed by atoms with Crippen LogP contribution in [0.4, 0.5) is 0 Å². The molecular formula is C20H29NO4. The number of hydrogen-bond donors (Lipinski definition) is 1. The normalized spacial score (nSPS) is 15.3. The molecule has 0 saturated carbocycles. The van der Waals surface area contributed by atoms with Crippen LogP contribution in [0, 0.1) is 0 Å². The molecule has 0 bridgehead atoms. The summed E-state index contributed by atoms with van der Waals surface area (Å²) in [6.07, 6.45) is 4.67. The van der Waals surface area contributed by atoms with Gasteiger partial charge in [-0.15, -0.1) is 0 Å². The Morgan fingerprint density at radius 1 is 1.08 bits per heavy atom. The second-order valence-corrected chi connectivity index (χ2v) is 6.39. The van der Waals surface area contributed by atoms with Crippen molar-refractivity contribution in [3.8, 4) is 0 Å². The Bertz CT molecular complexity index is 594. The lowest BCUT2D eigenvalue weighted by Gasteiger charge is -2.35. The van der Waals surface area contributed by atoms with Gasteiger partial charge in [0.2, 0.25) is 5.54 Å². The first-order valence-electron chi connectivity index (χ1n) is 9.28. The number of nitrogens with one attached hydrogen (secondary N) is 1. The van der Waals surface area contributed by atoms with Gasteiger partial charge in [-0.05, 0) is 43.4 Å². The number of benzene rings is 1. The molecule has 1 aliphatic heterocycles. The summed E-state index contributed by atoms with van der Waals surface area (Å²) in [6, 6.07) is 6.19. The predicted octanol–water partition coefficient (Wildman–Crippen LogP) is 2.93. The second kappa shape index (κ2) is 8.99. The van der Waals surface area contributed by atoms with E-state index in [9.17, 15) is 9.59 Å². The van der Waals surface area contributed by atoms with Crippen LogP contribution in [0.1, 0.15) is 56.7 Å². The maximum absolute atomic E-state index is 12.6. The number of unbranched alkanes of at least 4 members (excludes halogenated alkanes) is 2. The van der Waals surface area contributed by atoms with Crippen LogP contribution in [-0.2, 0) is 38.4 Å². The van der Waals surface area contributed by atoms with Crippen LogP contribution in [0.2, 0.25) is 0 Å². The molecule has 25 heavy (non-hydrogen) atoms. The van der Waals surface area contributed by atoms with E-state index in [0.29, 0.717) is 6.54 Å². The van der Waals surface area contributed by atoms with E-state index in [1.54, 1.807) is 13.8 Å². The van der Waals surface area contributed by atoms with Crippen molar-refractivity contribution in [2.45, 2.75) is 65.0 Å². The lowest BCUT2D eigenvalue weighted by atomic mass is 9.81. The summed E-state index contributed by atoms with van der Waals surface area (Å²) in [4.78, 5) is 25.3. The summed E-state index contributed by atoms with van der Waals surface area (Å²) in [5, 5.41) is 3.10. The average Bonchev–Trinajstić information content (AvgIpc) is 2.62. The molecule has 1 N–H and O–H groups in total. The van der Waals surface area contributed by atoms with E-state index < -0.39 is 17.5 Å². The third-order valence-corrected chi connectivity index (χ3v) is 4.69. The largest absolute Gasteiger partial charge is 0.464 e. The molecule has 1 aliphatic rings. The first kappa shape index (κ1) is 19.4. The molecule has 2 rings (SSSR count). The summed E-state index contributed by atoms with van der Waals surface area (Å²) in [5.74, 6) is -1.11. The minimum atomic E-state index is -1.44. The Morgan fingerprint density at radius 2 is 1.76 bits per heavy atom. The van der Waals surface area contributed by atoms with Crippen LogP contribution in [0.15, 0.2) is 18.2 Å². The van der Waals surface area contributed by atoms with E-state index in [2.05, 4.69) is 18.3 Å². The van der Waals surface area contributed by atoms with Crippen LogP contribution in [0.5, 0.6) is 0 Å². The van der Waals surface area contributed by atoms with Gasteiger partial charge in [0.25, 0.3) is 0 Å². The highest BCUT2D eigenvalue weighted by Crippen LogP contribution is 2.29. The molecule has 0 fully saturated rings. The van der Waals surface area contributed by atoms with Crippen LogP contribution in [0.25, 0.3) is 0 Å². The number of esters is 2. The number of aryl methyl sites for hydroxylation is 1. The maximum atomic E-state index is 12.6. The molecule has 0 radical (unpaired) electrons. The topological polar surface area (TPSA) is 64.6 Å². The monoisotopic (exact) mass is 347 g/mol. The average molecular weight is 347 g/mol. The molecule has 0 saturated heterocycles. The molecule has 5 heteroatoms. The number of fused-ring (bicyclic) bond motifs is 1. The first-order chi connectivity index (χ1) is 12.1. The van der Waals surface area contributed by atoms with E-state index in [-0.39, 0.29) is 19.6 Å². The molecule has 0 aliphatic carbocycles. The molecule has 0 unspecified atom stereocenters. The fourth-order valence-electron chi connectivity index (χ4n) is 3.33. The van der Waals surface area contributed by atoms with Crippen LogP contribution in [-0.4, -0.2) is 30.7 Å². The van der Waals surface area contributed by atoms with Gasteiger partial charge >= 0.3 is 11.9 Å². The Hall–Kier alpha value is -1.88. The molecule has 138 valence electrons. The molecule has 0 spiro atoms. The number of rotatable bonds is 8. The molecule has 1 heterocycles. The van der Waals surface area contributed by atoms with E-state index in [1.165, 1.54) is 12.0 Å². The van der Waals surface area contributed by atoms with Gasteiger partial charge in [-0.3, -0.25) is 5.32 Å². The van der Waals surface area contributed by atoms with Crippen LogP contribution >= 0.6 is 0 Å². The van der Waals surface area contributed by atoms with Gasteiger partial charge < -0.3 is 9.47 Å². The number of carbonyl (C=O) groups is 2. The number of ether oxygens (including phenoxy) is 2. The summed E-state index contributed by atoms with van der Waals surface area (Å²) >= 11 is 0. The van der Waals surface area contributed by atoms with Crippen molar-refractivity contribution in [1.82, 2.24) is 5.32 Å². The molecule has 0 atom stereocenters. The van der Waals surface area contributed by atoms with E-state index in [4.69, 9.17) is 9.47 Å². The van der Waals surface area contributed by atoms with Gasteiger partial charge in [-0.25, -0.2) is 9.59 Å². The second-order valence-electron chi connectivity index (χ2n) is 6.39. The van der Waals surface area contributed by atoms with Gasteiger partial charge in [0, 0.05) is 13.0 Å². The van der Waals surface area contributed by atoms with Gasteiger partial charge in [0.15, 0.2) is 0 Å². The van der Waals surface area contributed by atoms with E-state index >= 15 is 0 Å². The Morgan fingerprint density at radius 3 is 2.36 bits per heavy atom. The zero-order chi connectivity index (χ0) is 18.3. The highest BCUT2D eigenvalue weighted by Gasteiger charge is 2.51. The molecule has 1 aromatic rings. The van der Waals surface area contributed by atoms with E-state index in [1.807, 2.05) is 12.1 Å². The minimum Gasteiger partial charge on any atom is -0.464 e.